The zero-order chi connectivity index (χ0) is 65.4. The molecule has 1 N–H and O–H groups in total. The molecule has 0 radical (unpaired) electrons. The Kier molecular flexibility index (Phi) is 37.0. The first-order valence-electron chi connectivity index (χ1n) is 30.6. The van der Waals surface area contributed by atoms with Crippen LogP contribution in [-0.4, -0.2) is 74.9 Å². The minimum Gasteiger partial charge on any atom is -0.472 e. The van der Waals surface area contributed by atoms with Crippen molar-refractivity contribution >= 4 is 45.4 Å². The third-order valence-electron chi connectivity index (χ3n) is 13.6. The molecule has 0 saturated heterocycles. The predicted octanol–water partition coefficient (Wildman–Crippen LogP) is 17.7. The van der Waals surface area contributed by atoms with Gasteiger partial charge in [-0.2, -0.15) is 31.7 Å². The van der Waals surface area contributed by atoms with E-state index in [1.807, 2.05) is 104 Å². The second-order valence-electron chi connectivity index (χ2n) is 24.0. The van der Waals surface area contributed by atoms with Crippen LogP contribution in [0.15, 0.2) is 127 Å². The van der Waals surface area contributed by atoms with Crippen LogP contribution < -0.4 is 5.32 Å². The molecule has 0 spiro atoms. The van der Waals surface area contributed by atoms with Crippen LogP contribution in [0.3, 0.4) is 0 Å². The summed E-state index contributed by atoms with van der Waals surface area (Å²) < 4.78 is 20.7. The summed E-state index contributed by atoms with van der Waals surface area (Å²) >= 11 is 5.20. The van der Waals surface area contributed by atoms with E-state index in [1.165, 1.54) is 49.5 Å². The van der Waals surface area contributed by atoms with Crippen molar-refractivity contribution in [3.63, 3.8) is 0 Å². The summed E-state index contributed by atoms with van der Waals surface area (Å²) in [5.74, 6) is 4.49. The van der Waals surface area contributed by atoms with E-state index in [1.54, 1.807) is 30.8 Å². The number of rotatable bonds is 12. The van der Waals surface area contributed by atoms with E-state index < -0.39 is 5.97 Å². The molecular weight excluding hydrogens is 1160 g/mol. The van der Waals surface area contributed by atoms with Crippen LogP contribution in [0.1, 0.15) is 231 Å². The van der Waals surface area contributed by atoms with Crippen LogP contribution >= 0.6 is 27.3 Å². The lowest BCUT2D eigenvalue weighted by atomic mass is 10.0. The normalized spacial score (nSPS) is 12.3. The molecule has 9 rings (SSSR count). The van der Waals surface area contributed by atoms with Gasteiger partial charge in [-0.15, -0.1) is 0 Å². The van der Waals surface area contributed by atoms with Crippen molar-refractivity contribution in [2.24, 2.45) is 45.0 Å². The number of thiophene rings is 1. The van der Waals surface area contributed by atoms with Gasteiger partial charge in [0.15, 0.2) is 0 Å². The van der Waals surface area contributed by atoms with E-state index in [2.05, 4.69) is 223 Å². The number of carbonyl (C=O) groups excluding carboxylic acids is 2. The Morgan fingerprint density at radius 3 is 1.58 bits per heavy atom. The molecule has 17 heteroatoms. The van der Waals surface area contributed by atoms with Gasteiger partial charge < -0.3 is 19.0 Å². The summed E-state index contributed by atoms with van der Waals surface area (Å²) in [6.45, 7) is 46.7. The van der Waals surface area contributed by atoms with Crippen LogP contribution in [0, 0.1) is 18.8 Å². The number of halogens is 1. The number of carbonyl (C=O) groups is 2. The van der Waals surface area contributed by atoms with Crippen LogP contribution in [0.4, 0.5) is 0 Å². The Labute approximate surface area is 531 Å². The van der Waals surface area contributed by atoms with Crippen molar-refractivity contribution in [3.05, 3.63) is 163 Å². The molecule has 15 nitrogen and oxygen atoms in total. The highest BCUT2D eigenvalue weighted by Crippen LogP contribution is 2.25. The molecule has 0 saturated carbocycles. The molecule has 0 unspecified atom stereocenters. The summed E-state index contributed by atoms with van der Waals surface area (Å²) in [5.41, 5.74) is 12.9. The maximum Gasteiger partial charge on any atom is 0.354 e. The molecule has 0 fully saturated rings. The minimum absolute atomic E-state index is 0.128. The van der Waals surface area contributed by atoms with Gasteiger partial charge in [-0.3, -0.25) is 28.5 Å². The van der Waals surface area contributed by atoms with Gasteiger partial charge in [-0.05, 0) is 171 Å². The molecule has 2 aliphatic rings. The Bertz CT molecular complexity index is 2940. The number of aryl methyl sites for hydroxylation is 6. The molecule has 0 aromatic carbocycles. The van der Waals surface area contributed by atoms with Crippen molar-refractivity contribution in [2.75, 3.05) is 13.2 Å². The second kappa shape index (κ2) is 40.9. The lowest BCUT2D eigenvalue weighted by Crippen LogP contribution is -2.22. The Hall–Kier alpha value is -6.33. The molecule has 7 aromatic heterocycles. The largest absolute Gasteiger partial charge is 0.472 e. The van der Waals surface area contributed by atoms with Gasteiger partial charge in [0.05, 0.1) is 49.7 Å². The molecule has 0 aliphatic carbocycles. The van der Waals surface area contributed by atoms with Crippen LogP contribution in [-0.2, 0) is 49.1 Å². The number of hydrogen-bond acceptors (Lipinski definition) is 10. The SMILES string of the molecule is CC(C)C1=C(Br)C=NC1.CC(C)c1cccn1C.CC(C)c1ccnn1C.CC(C)c1ccoc1.CC(C)c1ccsc1.CC(C)c1cnn(C)c1.CCOC(=O)C1=C(C(C)C)CC(=O)N1.CCn1ccc(C(C)C)n1.Cc1cc(C(C)C)n(C)n1. The molecule has 1 amide bonds. The number of nitrogens with zero attached hydrogens (tertiary/aromatic N) is 10. The second-order valence-corrected chi connectivity index (χ2v) is 25.6. The van der Waals surface area contributed by atoms with Crippen LogP contribution in [0.5, 0.6) is 0 Å². The quantitative estimate of drug-likeness (QED) is 0.118. The summed E-state index contributed by atoms with van der Waals surface area (Å²) in [4.78, 5) is 26.6. The summed E-state index contributed by atoms with van der Waals surface area (Å²) in [5, 5.41) is 23.6. The number of ether oxygens (including phenoxy) is 1. The van der Waals surface area contributed by atoms with Gasteiger partial charge in [0.1, 0.15) is 5.70 Å². The molecule has 2 aliphatic heterocycles. The topological polar surface area (TPSA) is 157 Å². The van der Waals surface area contributed by atoms with Gasteiger partial charge in [0, 0.05) is 87.3 Å². The zero-order valence-corrected chi connectivity index (χ0v) is 59.6. The van der Waals surface area contributed by atoms with Gasteiger partial charge >= 0.3 is 5.97 Å². The highest BCUT2D eigenvalue weighted by Gasteiger charge is 2.28. The average molecular weight is 1270 g/mol. The van der Waals surface area contributed by atoms with Crippen molar-refractivity contribution in [2.45, 2.75) is 200 Å². The first-order chi connectivity index (χ1) is 40.4. The average Bonchev–Trinajstić information content (AvgIpc) is 3.66. The Morgan fingerprint density at radius 1 is 0.686 bits per heavy atom. The molecule has 7 aromatic rings. The highest BCUT2D eigenvalue weighted by molar-refractivity contribution is 9.12. The lowest BCUT2D eigenvalue weighted by Gasteiger charge is -2.08. The monoisotopic (exact) mass is 1270 g/mol. The Balaban J connectivity index is 0.000000486. The van der Waals surface area contributed by atoms with Crippen molar-refractivity contribution < 1.29 is 18.7 Å². The zero-order valence-electron chi connectivity index (χ0n) is 57.2. The van der Waals surface area contributed by atoms with E-state index in [9.17, 15) is 9.59 Å². The molecule has 86 heavy (non-hydrogen) atoms. The third kappa shape index (κ3) is 29.4. The fourth-order valence-corrected chi connectivity index (χ4v) is 9.80. The molecule has 0 atom stereocenters. The number of aliphatic imine (C=N–C) groups is 1. The van der Waals surface area contributed by atoms with Gasteiger partial charge in [0.2, 0.25) is 5.91 Å². The number of furan rings is 1. The van der Waals surface area contributed by atoms with Crippen LogP contribution in [0.25, 0.3) is 0 Å². The van der Waals surface area contributed by atoms with Crippen LogP contribution in [0.2, 0.25) is 0 Å². The smallest absolute Gasteiger partial charge is 0.354 e. The molecule has 9 heterocycles. The van der Waals surface area contributed by atoms with Crippen molar-refractivity contribution in [1.29, 1.82) is 0 Å². The van der Waals surface area contributed by atoms with E-state index in [0.717, 1.165) is 24.4 Å². The van der Waals surface area contributed by atoms with E-state index in [-0.39, 0.29) is 11.8 Å². The lowest BCUT2D eigenvalue weighted by molar-refractivity contribution is -0.139. The number of aromatic nitrogens is 9. The maximum atomic E-state index is 11.4. The first-order valence-corrected chi connectivity index (χ1v) is 32.3. The van der Waals surface area contributed by atoms with E-state index in [4.69, 9.17) is 9.15 Å². The number of nitrogens with one attached hydrogen (secondary N) is 1. The standard InChI is InChI=1S/C10H15NO3.2C8H14N2.C8H13N.C7H10BrN.2C7H12N2.C7H10O.C7H10S/c1-4-14-10(13)9-7(6(2)3)5-8(12)11-9;1-6(2)8-5-7(3)9-10(8)4;1-4-10-6-5-8(9-10)7(2)3;1-7(2)8-5-4-6-9(8)3;1-5(2)6-3-9-4-7(6)8;1-6(2)7-4-8-9(3)5-7;1-6(2)7-4-5-8-9(7)3;2*1-6(2)7-3-4-8-5-7/h6H,4-5H2,1-3H3,(H,11,12);5-6H,1-4H3;5-7H,4H2,1-3H3;4-7H,1-3H3;4-5H,3H2,1-2H3;2*4-6H,1-3H3;2*3-6H,1-2H3. The van der Waals surface area contributed by atoms with Gasteiger partial charge in [-0.25, -0.2) is 4.79 Å². The fourth-order valence-electron chi connectivity index (χ4n) is 8.25. The summed E-state index contributed by atoms with van der Waals surface area (Å²) in [6, 6.07) is 14.7. The van der Waals surface area contributed by atoms with Crippen molar-refractivity contribution in [3.8, 4) is 0 Å². The molecule has 0 bridgehead atoms. The highest BCUT2D eigenvalue weighted by atomic mass is 79.9. The number of esters is 1. The van der Waals surface area contributed by atoms with Gasteiger partial charge in [-0.1, -0.05) is 125 Å². The first kappa shape index (κ1) is 77.7. The molecule has 478 valence electrons. The summed E-state index contributed by atoms with van der Waals surface area (Å²) in [7, 11) is 7.97. The maximum absolute atomic E-state index is 11.4. The minimum atomic E-state index is -0.429. The fraction of sp³-hybridized carbons (Fsp3) is 0.551. The van der Waals surface area contributed by atoms with Crippen molar-refractivity contribution in [1.82, 2.24) is 49.0 Å². The summed E-state index contributed by atoms with van der Waals surface area (Å²) in [6.07, 6.45) is 15.6. The molecular formula is C69H110BrN11O4S. The number of amides is 1. The third-order valence-corrected chi connectivity index (χ3v) is 15.0. The number of hydrogen-bond donors (Lipinski definition) is 1. The Morgan fingerprint density at radius 2 is 1.30 bits per heavy atom. The van der Waals surface area contributed by atoms with E-state index >= 15 is 0 Å². The van der Waals surface area contributed by atoms with E-state index in [0.29, 0.717) is 66.1 Å². The van der Waals surface area contributed by atoms with Gasteiger partial charge in [0.25, 0.3) is 0 Å². The predicted molar refractivity (Wildman–Crippen MR) is 365 cm³/mol. The number of allylic oxidation sites excluding steroid dienone is 1.